The van der Waals surface area contributed by atoms with E-state index < -0.39 is 0 Å². The van der Waals surface area contributed by atoms with Crippen molar-refractivity contribution in [1.29, 1.82) is 5.26 Å². The van der Waals surface area contributed by atoms with E-state index >= 15 is 0 Å². The topological polar surface area (TPSA) is 57.5 Å². The Morgan fingerprint density at radius 1 is 1.23 bits per heavy atom. The molecule has 0 bridgehead atoms. The Morgan fingerprint density at radius 3 is 2.50 bits per heavy atom. The number of nitriles is 1. The van der Waals surface area contributed by atoms with Crippen LogP contribution in [0.25, 0.3) is 0 Å². The summed E-state index contributed by atoms with van der Waals surface area (Å²) in [7, 11) is 0. The van der Waals surface area contributed by atoms with E-state index in [1.807, 2.05) is 6.07 Å². The minimum absolute atomic E-state index is 0. The molecule has 1 N–H and O–H groups in total. The van der Waals surface area contributed by atoms with Crippen LogP contribution in [-0.4, -0.2) is 37.9 Å². The highest BCUT2D eigenvalue weighted by atomic mass is 35.5. The highest BCUT2D eigenvalue weighted by Gasteiger charge is 2.26. The minimum Gasteiger partial charge on any atom is -0.454 e. The molecule has 1 aromatic rings. The number of hydrogen-bond donors (Lipinski definition) is 1. The van der Waals surface area contributed by atoms with Gasteiger partial charge in [-0.15, -0.1) is 24.8 Å². The molecule has 8 heteroatoms. The number of nitrogens with zero attached hydrogens (tertiary/aromatic N) is 2. The molecule has 0 amide bonds. The molecule has 2 aliphatic rings. The predicted molar refractivity (Wildman–Crippen MR) is 89.5 cm³/mol. The van der Waals surface area contributed by atoms with Crippen molar-refractivity contribution in [2.45, 2.75) is 12.5 Å². The van der Waals surface area contributed by atoms with Gasteiger partial charge in [0.1, 0.15) is 0 Å². The molecule has 1 atom stereocenters. The van der Waals surface area contributed by atoms with Gasteiger partial charge < -0.3 is 14.8 Å². The number of rotatable bonds is 3. The van der Waals surface area contributed by atoms with Crippen LogP contribution < -0.4 is 14.8 Å². The van der Waals surface area contributed by atoms with Gasteiger partial charge in [0.05, 0.1) is 12.5 Å². The van der Waals surface area contributed by atoms with Crippen molar-refractivity contribution in [2.75, 3.05) is 33.0 Å². The summed E-state index contributed by atoms with van der Waals surface area (Å²) in [6.07, 6.45) is 0.416. The van der Waals surface area contributed by atoms with Crippen LogP contribution in [0.1, 0.15) is 18.0 Å². The summed E-state index contributed by atoms with van der Waals surface area (Å²) < 4.78 is 10.7. The second kappa shape index (κ2) is 8.66. The minimum atomic E-state index is 0. The quantitative estimate of drug-likeness (QED) is 0.891. The van der Waals surface area contributed by atoms with Crippen molar-refractivity contribution in [2.24, 2.45) is 0 Å². The van der Waals surface area contributed by atoms with Gasteiger partial charge in [-0.1, -0.05) is 11.6 Å². The maximum absolute atomic E-state index is 9.12. The van der Waals surface area contributed by atoms with Crippen LogP contribution in [0, 0.1) is 11.3 Å². The first-order chi connectivity index (χ1) is 9.79. The molecule has 1 saturated heterocycles. The Morgan fingerprint density at radius 2 is 1.86 bits per heavy atom. The first-order valence-corrected chi connectivity index (χ1v) is 7.08. The van der Waals surface area contributed by atoms with E-state index in [-0.39, 0.29) is 37.6 Å². The second-order valence-corrected chi connectivity index (χ2v) is 5.30. The molecule has 2 aliphatic heterocycles. The molecule has 22 heavy (non-hydrogen) atoms. The zero-order valence-electron chi connectivity index (χ0n) is 11.9. The zero-order valence-corrected chi connectivity index (χ0v) is 14.3. The van der Waals surface area contributed by atoms with Gasteiger partial charge in [-0.2, -0.15) is 5.26 Å². The SMILES string of the molecule is Cl.Cl.N#CC[C@H](c1cc2c(cc1Cl)OCO2)N1CCNCC1. The fraction of sp³-hybridized carbons (Fsp3) is 0.500. The number of piperazine rings is 1. The van der Waals surface area contributed by atoms with Crippen LogP contribution >= 0.6 is 36.4 Å². The predicted octanol–water partition coefficient (Wildman–Crippen LogP) is 2.77. The fourth-order valence-corrected chi connectivity index (χ4v) is 2.98. The first kappa shape index (κ1) is 19.1. The summed E-state index contributed by atoms with van der Waals surface area (Å²) in [6, 6.07) is 5.96. The van der Waals surface area contributed by atoms with Crippen molar-refractivity contribution in [3.8, 4) is 17.6 Å². The standard InChI is InChI=1S/C14H16ClN3O2.2ClH/c15-11-8-14-13(19-9-20-14)7-10(11)12(1-2-16)18-5-3-17-4-6-18;;/h7-8,12,17H,1,3-6,9H2;2*1H/t12-;;/m1../s1. The lowest BCUT2D eigenvalue weighted by molar-refractivity contribution is 0.171. The van der Waals surface area contributed by atoms with Gasteiger partial charge in [0.25, 0.3) is 0 Å². The molecule has 1 aromatic carbocycles. The third-order valence-electron chi connectivity index (χ3n) is 3.73. The largest absolute Gasteiger partial charge is 0.454 e. The van der Waals surface area contributed by atoms with Gasteiger partial charge in [0, 0.05) is 43.3 Å². The lowest BCUT2D eigenvalue weighted by Crippen LogP contribution is -2.45. The smallest absolute Gasteiger partial charge is 0.231 e. The lowest BCUT2D eigenvalue weighted by Gasteiger charge is -2.34. The molecule has 122 valence electrons. The summed E-state index contributed by atoms with van der Waals surface area (Å²) in [5.74, 6) is 1.39. The Kier molecular flexibility index (Phi) is 7.54. The van der Waals surface area contributed by atoms with Gasteiger partial charge in [-0.25, -0.2) is 0 Å². The molecule has 0 aliphatic carbocycles. The van der Waals surface area contributed by atoms with Crippen LogP contribution in [0.4, 0.5) is 0 Å². The van der Waals surface area contributed by atoms with Crippen LogP contribution in [0.3, 0.4) is 0 Å². The normalized spacial score (nSPS) is 17.8. The van der Waals surface area contributed by atoms with Crippen molar-refractivity contribution in [1.82, 2.24) is 10.2 Å². The van der Waals surface area contributed by atoms with Gasteiger partial charge in [0.15, 0.2) is 11.5 Å². The molecule has 1 fully saturated rings. The summed E-state index contributed by atoms with van der Waals surface area (Å²) in [5.41, 5.74) is 0.944. The van der Waals surface area contributed by atoms with Crippen molar-refractivity contribution in [3.63, 3.8) is 0 Å². The number of benzene rings is 1. The summed E-state index contributed by atoms with van der Waals surface area (Å²) in [4.78, 5) is 2.29. The third-order valence-corrected chi connectivity index (χ3v) is 4.06. The average Bonchev–Trinajstić information content (AvgIpc) is 2.92. The maximum atomic E-state index is 9.12. The van der Waals surface area contributed by atoms with Gasteiger partial charge in [-0.3, -0.25) is 4.90 Å². The number of hydrogen-bond acceptors (Lipinski definition) is 5. The number of fused-ring (bicyclic) bond motifs is 1. The van der Waals surface area contributed by atoms with Crippen LogP contribution in [0.5, 0.6) is 11.5 Å². The lowest BCUT2D eigenvalue weighted by atomic mass is 10.0. The van der Waals surface area contributed by atoms with E-state index in [0.717, 1.165) is 31.7 Å². The van der Waals surface area contributed by atoms with Gasteiger partial charge in [-0.05, 0) is 11.6 Å². The van der Waals surface area contributed by atoms with Crippen molar-refractivity contribution in [3.05, 3.63) is 22.7 Å². The van der Waals surface area contributed by atoms with E-state index in [9.17, 15) is 0 Å². The van der Waals surface area contributed by atoms with Crippen LogP contribution in [-0.2, 0) is 0 Å². The number of ether oxygens (including phenoxy) is 2. The van der Waals surface area contributed by atoms with Crippen molar-refractivity contribution < 1.29 is 9.47 Å². The van der Waals surface area contributed by atoms with Gasteiger partial charge >= 0.3 is 0 Å². The number of nitrogens with one attached hydrogen (secondary N) is 1. The molecule has 0 spiro atoms. The molecular weight excluding hydrogens is 349 g/mol. The summed E-state index contributed by atoms with van der Waals surface area (Å²) in [6.45, 7) is 3.92. The van der Waals surface area contributed by atoms with E-state index in [2.05, 4.69) is 16.3 Å². The Bertz CT molecular complexity index is 545. The Labute approximate surface area is 147 Å². The molecule has 0 aromatic heterocycles. The van der Waals surface area contributed by atoms with Crippen molar-refractivity contribution >= 4 is 36.4 Å². The Hall–Kier alpha value is -0.900. The first-order valence-electron chi connectivity index (χ1n) is 6.70. The molecule has 0 unspecified atom stereocenters. The molecule has 5 nitrogen and oxygen atoms in total. The molecule has 0 saturated carbocycles. The van der Waals surface area contributed by atoms with Crippen LogP contribution in [0.15, 0.2) is 12.1 Å². The Balaban J connectivity index is 0.00000121. The second-order valence-electron chi connectivity index (χ2n) is 4.89. The van der Waals surface area contributed by atoms with Gasteiger partial charge in [0.2, 0.25) is 6.79 Å². The molecule has 0 radical (unpaired) electrons. The highest BCUT2D eigenvalue weighted by Crippen LogP contribution is 2.41. The zero-order chi connectivity index (χ0) is 13.9. The average molecular weight is 367 g/mol. The molecule has 3 rings (SSSR count). The summed E-state index contributed by atoms with van der Waals surface area (Å²) >= 11 is 6.37. The fourth-order valence-electron chi connectivity index (χ4n) is 2.70. The third kappa shape index (κ3) is 3.89. The van der Waals surface area contributed by atoms with E-state index in [1.54, 1.807) is 6.07 Å². The summed E-state index contributed by atoms with van der Waals surface area (Å²) in [5, 5.41) is 13.1. The molecular formula is C14H18Cl3N3O2. The maximum Gasteiger partial charge on any atom is 0.231 e. The van der Waals surface area contributed by atoms with E-state index in [4.69, 9.17) is 26.3 Å². The highest BCUT2D eigenvalue weighted by molar-refractivity contribution is 6.31. The van der Waals surface area contributed by atoms with Crippen LogP contribution in [0.2, 0.25) is 5.02 Å². The number of halogens is 3. The van der Waals surface area contributed by atoms with E-state index in [1.165, 1.54) is 0 Å². The van der Waals surface area contributed by atoms with E-state index in [0.29, 0.717) is 22.9 Å². The monoisotopic (exact) mass is 365 g/mol. The molecule has 2 heterocycles.